The topological polar surface area (TPSA) is 60.9 Å². The minimum absolute atomic E-state index is 0.229. The number of halogens is 1. The molecule has 1 heterocycles. The Morgan fingerprint density at radius 3 is 2.57 bits per heavy atom. The van der Waals surface area contributed by atoms with E-state index in [1.54, 1.807) is 30.3 Å². The van der Waals surface area contributed by atoms with Crippen molar-refractivity contribution in [1.82, 2.24) is 10.2 Å². The van der Waals surface area contributed by atoms with Gasteiger partial charge in [-0.25, -0.2) is 4.39 Å². The number of aromatic hydroxyl groups is 1. The second-order valence-corrected chi connectivity index (χ2v) is 4.80. The van der Waals surface area contributed by atoms with Crippen molar-refractivity contribution in [1.29, 1.82) is 0 Å². The Labute approximate surface area is 121 Å². The van der Waals surface area contributed by atoms with E-state index in [0.717, 1.165) is 22.5 Å². The number of phenolic OH excluding ortho intramolecular Hbond substituents is 1. The van der Waals surface area contributed by atoms with E-state index in [-0.39, 0.29) is 11.6 Å². The molecule has 2 aromatic carbocycles. The Kier molecular flexibility index (Phi) is 3.31. The maximum Gasteiger partial charge on any atom is 0.152 e. The number of benzene rings is 2. The maximum absolute atomic E-state index is 12.9. The molecule has 4 nitrogen and oxygen atoms in total. The molecule has 0 atom stereocenters. The van der Waals surface area contributed by atoms with Gasteiger partial charge in [-0.15, -0.1) is 0 Å². The van der Waals surface area contributed by atoms with Gasteiger partial charge >= 0.3 is 0 Å². The molecule has 0 fully saturated rings. The lowest BCUT2D eigenvalue weighted by molar-refractivity contribution is 0.475. The van der Waals surface area contributed by atoms with Gasteiger partial charge in [-0.05, 0) is 60.5 Å². The zero-order valence-corrected chi connectivity index (χ0v) is 11.4. The molecule has 0 aliphatic heterocycles. The summed E-state index contributed by atoms with van der Waals surface area (Å²) in [6.07, 6.45) is 0. The van der Waals surface area contributed by atoms with Crippen LogP contribution in [0.25, 0.3) is 11.3 Å². The summed E-state index contributed by atoms with van der Waals surface area (Å²) in [4.78, 5) is 0. The van der Waals surface area contributed by atoms with E-state index in [1.165, 1.54) is 12.1 Å². The number of hydrogen-bond donors (Lipinski definition) is 3. The molecule has 3 aromatic rings. The number of nitrogens with one attached hydrogen (secondary N) is 2. The lowest BCUT2D eigenvalue weighted by Gasteiger charge is -2.06. The first-order valence-corrected chi connectivity index (χ1v) is 6.50. The third-order valence-corrected chi connectivity index (χ3v) is 3.21. The lowest BCUT2D eigenvalue weighted by Crippen LogP contribution is -1.92. The van der Waals surface area contributed by atoms with Crippen LogP contribution < -0.4 is 5.32 Å². The third-order valence-electron chi connectivity index (χ3n) is 3.21. The third kappa shape index (κ3) is 2.86. The zero-order chi connectivity index (χ0) is 14.8. The summed E-state index contributed by atoms with van der Waals surface area (Å²) in [5.74, 6) is 0.617. The molecule has 3 rings (SSSR count). The zero-order valence-electron chi connectivity index (χ0n) is 11.4. The fourth-order valence-electron chi connectivity index (χ4n) is 2.09. The molecule has 0 spiro atoms. The monoisotopic (exact) mass is 283 g/mol. The van der Waals surface area contributed by atoms with E-state index in [2.05, 4.69) is 15.5 Å². The Balaban J connectivity index is 1.83. The van der Waals surface area contributed by atoms with Crippen LogP contribution in [0.15, 0.2) is 48.5 Å². The SMILES string of the molecule is Cc1cc(O)ccc1Nc1cc(-c2ccc(F)cc2)[nH]n1. The van der Waals surface area contributed by atoms with Crippen molar-refractivity contribution >= 4 is 11.5 Å². The molecule has 0 aliphatic rings. The highest BCUT2D eigenvalue weighted by Crippen LogP contribution is 2.25. The van der Waals surface area contributed by atoms with Gasteiger partial charge in [0.15, 0.2) is 5.82 Å². The number of anilines is 2. The van der Waals surface area contributed by atoms with E-state index in [1.807, 2.05) is 13.0 Å². The van der Waals surface area contributed by atoms with Gasteiger partial charge in [-0.2, -0.15) is 5.10 Å². The van der Waals surface area contributed by atoms with Crippen LogP contribution in [0.2, 0.25) is 0 Å². The van der Waals surface area contributed by atoms with Crippen molar-refractivity contribution in [2.75, 3.05) is 5.32 Å². The number of rotatable bonds is 3. The second kappa shape index (κ2) is 5.28. The van der Waals surface area contributed by atoms with Crippen LogP contribution in [-0.2, 0) is 0 Å². The molecular weight excluding hydrogens is 269 g/mol. The fourth-order valence-corrected chi connectivity index (χ4v) is 2.09. The Bertz CT molecular complexity index is 765. The quantitative estimate of drug-likeness (QED) is 0.637. The van der Waals surface area contributed by atoms with E-state index in [9.17, 15) is 9.50 Å². The lowest BCUT2D eigenvalue weighted by atomic mass is 10.1. The molecule has 106 valence electrons. The van der Waals surface area contributed by atoms with Crippen molar-refractivity contribution in [3.05, 3.63) is 59.9 Å². The molecule has 0 saturated heterocycles. The molecule has 0 unspecified atom stereocenters. The van der Waals surface area contributed by atoms with Gasteiger partial charge < -0.3 is 10.4 Å². The summed E-state index contributed by atoms with van der Waals surface area (Å²) in [7, 11) is 0. The first kappa shape index (κ1) is 13.2. The minimum Gasteiger partial charge on any atom is -0.508 e. The summed E-state index contributed by atoms with van der Waals surface area (Å²) in [5, 5.41) is 19.7. The molecule has 0 bridgehead atoms. The normalized spacial score (nSPS) is 10.6. The van der Waals surface area contributed by atoms with Crippen LogP contribution in [0.3, 0.4) is 0 Å². The average Bonchev–Trinajstić information content (AvgIpc) is 2.91. The first-order chi connectivity index (χ1) is 10.1. The summed E-state index contributed by atoms with van der Waals surface area (Å²) in [6.45, 7) is 1.90. The van der Waals surface area contributed by atoms with Crippen molar-refractivity contribution in [3.63, 3.8) is 0 Å². The van der Waals surface area contributed by atoms with Crippen LogP contribution in [0.1, 0.15) is 5.56 Å². The number of H-pyrrole nitrogens is 1. The highest BCUT2D eigenvalue weighted by atomic mass is 19.1. The van der Waals surface area contributed by atoms with Gasteiger partial charge in [-0.3, -0.25) is 5.10 Å². The molecule has 21 heavy (non-hydrogen) atoms. The van der Waals surface area contributed by atoms with Crippen molar-refractivity contribution in [3.8, 4) is 17.0 Å². The first-order valence-electron chi connectivity index (χ1n) is 6.50. The number of aromatic amines is 1. The molecular formula is C16H14FN3O. The van der Waals surface area contributed by atoms with Crippen molar-refractivity contribution in [2.45, 2.75) is 6.92 Å². The predicted molar refractivity (Wildman–Crippen MR) is 80.1 cm³/mol. The van der Waals surface area contributed by atoms with Gasteiger partial charge in [0.25, 0.3) is 0 Å². The van der Waals surface area contributed by atoms with Gasteiger partial charge in [-0.1, -0.05) is 0 Å². The van der Waals surface area contributed by atoms with Crippen LogP contribution >= 0.6 is 0 Å². The van der Waals surface area contributed by atoms with E-state index in [0.29, 0.717) is 5.82 Å². The summed E-state index contributed by atoms with van der Waals surface area (Å²) < 4.78 is 12.9. The molecule has 3 N–H and O–H groups in total. The van der Waals surface area contributed by atoms with Crippen molar-refractivity contribution < 1.29 is 9.50 Å². The van der Waals surface area contributed by atoms with Gasteiger partial charge in [0.2, 0.25) is 0 Å². The molecule has 5 heteroatoms. The summed E-state index contributed by atoms with van der Waals surface area (Å²) in [5.41, 5.74) is 3.44. The van der Waals surface area contributed by atoms with Gasteiger partial charge in [0.05, 0.1) is 5.69 Å². The molecule has 0 saturated carbocycles. The molecule has 0 radical (unpaired) electrons. The largest absolute Gasteiger partial charge is 0.508 e. The Morgan fingerprint density at radius 2 is 1.86 bits per heavy atom. The standard InChI is InChI=1S/C16H14FN3O/c1-10-8-13(21)6-7-14(10)18-16-9-15(19-20-16)11-2-4-12(17)5-3-11/h2-9,21H,1H3,(H2,18,19,20). The number of hydrogen-bond acceptors (Lipinski definition) is 3. The smallest absolute Gasteiger partial charge is 0.152 e. The number of phenols is 1. The number of aromatic nitrogens is 2. The summed E-state index contributed by atoms with van der Waals surface area (Å²) in [6, 6.07) is 13.1. The van der Waals surface area contributed by atoms with Crippen molar-refractivity contribution in [2.24, 2.45) is 0 Å². The van der Waals surface area contributed by atoms with E-state index in [4.69, 9.17) is 0 Å². The van der Waals surface area contributed by atoms with Crippen LogP contribution in [0.5, 0.6) is 5.75 Å². The Morgan fingerprint density at radius 1 is 1.10 bits per heavy atom. The highest BCUT2D eigenvalue weighted by Gasteiger charge is 2.06. The minimum atomic E-state index is -0.267. The highest BCUT2D eigenvalue weighted by molar-refractivity contribution is 5.67. The van der Waals surface area contributed by atoms with Crippen LogP contribution in [0.4, 0.5) is 15.9 Å². The van der Waals surface area contributed by atoms with Crippen LogP contribution in [-0.4, -0.2) is 15.3 Å². The van der Waals surface area contributed by atoms with E-state index >= 15 is 0 Å². The van der Waals surface area contributed by atoms with Crippen LogP contribution in [0, 0.1) is 12.7 Å². The van der Waals surface area contributed by atoms with E-state index < -0.39 is 0 Å². The maximum atomic E-state index is 12.9. The molecule has 1 aromatic heterocycles. The fraction of sp³-hybridized carbons (Fsp3) is 0.0625. The predicted octanol–water partition coefficient (Wildman–Crippen LogP) is 3.97. The second-order valence-electron chi connectivity index (χ2n) is 4.80. The van der Waals surface area contributed by atoms with Gasteiger partial charge in [0.1, 0.15) is 11.6 Å². The Hall–Kier alpha value is -2.82. The number of aryl methyl sites for hydroxylation is 1. The number of nitrogens with zero attached hydrogens (tertiary/aromatic N) is 1. The molecule has 0 aliphatic carbocycles. The average molecular weight is 283 g/mol. The molecule has 0 amide bonds. The summed E-state index contributed by atoms with van der Waals surface area (Å²) >= 11 is 0. The van der Waals surface area contributed by atoms with Gasteiger partial charge in [0, 0.05) is 11.8 Å².